The van der Waals surface area contributed by atoms with Crippen LogP contribution in [0.1, 0.15) is 22.5 Å². The SMILES string of the molecule is Cc1cc(-c2c(C#N)c(NC[C@H](O)CO)nc(SCc3csc(-c4ccc(Cl)cc4)n3)c2C#N)[nH]n1. The summed E-state index contributed by atoms with van der Waals surface area (Å²) in [5, 5.41) is 52.7. The summed E-state index contributed by atoms with van der Waals surface area (Å²) in [4.78, 5) is 9.23. The Kier molecular flexibility index (Phi) is 8.21. The van der Waals surface area contributed by atoms with Gasteiger partial charge in [0, 0.05) is 33.8 Å². The summed E-state index contributed by atoms with van der Waals surface area (Å²) >= 11 is 8.80. The van der Waals surface area contributed by atoms with Gasteiger partial charge >= 0.3 is 0 Å². The first-order valence-electron chi connectivity index (χ1n) is 10.7. The minimum Gasteiger partial charge on any atom is -0.394 e. The predicted molar refractivity (Wildman–Crippen MR) is 140 cm³/mol. The highest BCUT2D eigenvalue weighted by Gasteiger charge is 2.23. The Bertz CT molecular complexity index is 1450. The van der Waals surface area contributed by atoms with Crippen LogP contribution in [0.3, 0.4) is 0 Å². The number of H-pyrrole nitrogens is 1. The number of aliphatic hydroxyl groups excluding tert-OH is 2. The number of thioether (sulfide) groups is 1. The number of aromatic nitrogens is 4. The van der Waals surface area contributed by atoms with Crippen LogP contribution in [-0.4, -0.2) is 49.6 Å². The van der Waals surface area contributed by atoms with Crippen molar-refractivity contribution in [3.63, 3.8) is 0 Å². The Hall–Kier alpha value is -3.45. The fourth-order valence-corrected chi connectivity index (χ4v) is 5.29. The Morgan fingerprint density at radius 1 is 1.19 bits per heavy atom. The van der Waals surface area contributed by atoms with Crippen LogP contribution in [0, 0.1) is 29.6 Å². The lowest BCUT2D eigenvalue weighted by Crippen LogP contribution is -2.24. The van der Waals surface area contributed by atoms with Crippen molar-refractivity contribution in [2.24, 2.45) is 0 Å². The molecule has 4 rings (SSSR count). The number of nitrogens with zero attached hydrogens (tertiary/aromatic N) is 5. The molecule has 182 valence electrons. The number of anilines is 1. The van der Waals surface area contributed by atoms with Crippen molar-refractivity contribution < 1.29 is 10.2 Å². The molecule has 0 aliphatic heterocycles. The van der Waals surface area contributed by atoms with Gasteiger partial charge in [0.1, 0.15) is 33.6 Å². The predicted octanol–water partition coefficient (Wildman–Crippen LogP) is 4.36. The van der Waals surface area contributed by atoms with Gasteiger partial charge in [0.25, 0.3) is 0 Å². The van der Waals surface area contributed by atoms with Gasteiger partial charge in [0.2, 0.25) is 0 Å². The Morgan fingerprint density at radius 2 is 1.94 bits per heavy atom. The highest BCUT2D eigenvalue weighted by molar-refractivity contribution is 7.98. The average Bonchev–Trinajstić information content (AvgIpc) is 3.54. The van der Waals surface area contributed by atoms with E-state index in [0.717, 1.165) is 16.3 Å². The zero-order chi connectivity index (χ0) is 25.7. The van der Waals surface area contributed by atoms with Gasteiger partial charge in [-0.25, -0.2) is 9.97 Å². The third-order valence-corrected chi connectivity index (χ3v) is 7.28. The van der Waals surface area contributed by atoms with Gasteiger partial charge in [-0.05, 0) is 25.1 Å². The second-order valence-electron chi connectivity index (χ2n) is 7.69. The van der Waals surface area contributed by atoms with Crippen LogP contribution in [-0.2, 0) is 5.75 Å². The third-order valence-electron chi connectivity index (χ3n) is 5.08. The smallest absolute Gasteiger partial charge is 0.146 e. The van der Waals surface area contributed by atoms with E-state index in [4.69, 9.17) is 16.6 Å². The second-order valence-corrected chi connectivity index (χ2v) is 9.95. The minimum absolute atomic E-state index is 0.0217. The molecule has 12 heteroatoms. The molecule has 0 radical (unpaired) electrons. The van der Waals surface area contributed by atoms with Crippen molar-refractivity contribution >= 4 is 40.5 Å². The quantitative estimate of drug-likeness (QED) is 0.228. The highest BCUT2D eigenvalue weighted by atomic mass is 35.5. The number of aryl methyl sites for hydroxylation is 1. The molecule has 0 spiro atoms. The van der Waals surface area contributed by atoms with Crippen LogP contribution in [0.15, 0.2) is 40.7 Å². The molecule has 3 aromatic heterocycles. The minimum atomic E-state index is -1.04. The summed E-state index contributed by atoms with van der Waals surface area (Å²) in [5.74, 6) is 0.645. The van der Waals surface area contributed by atoms with Gasteiger partial charge in [0.05, 0.1) is 35.4 Å². The van der Waals surface area contributed by atoms with E-state index in [0.29, 0.717) is 32.8 Å². The first kappa shape index (κ1) is 25.6. The van der Waals surface area contributed by atoms with Crippen LogP contribution >= 0.6 is 34.7 Å². The number of aliphatic hydroxyl groups is 2. The van der Waals surface area contributed by atoms with E-state index in [-0.39, 0.29) is 23.5 Å². The number of pyridine rings is 1. The van der Waals surface area contributed by atoms with Crippen molar-refractivity contribution in [2.75, 3.05) is 18.5 Å². The van der Waals surface area contributed by atoms with E-state index >= 15 is 0 Å². The number of hydrogen-bond donors (Lipinski definition) is 4. The topological polar surface area (TPSA) is 155 Å². The summed E-state index contributed by atoms with van der Waals surface area (Å²) in [7, 11) is 0. The molecule has 0 fully saturated rings. The maximum absolute atomic E-state index is 10.0. The van der Waals surface area contributed by atoms with Crippen molar-refractivity contribution in [2.45, 2.75) is 23.8 Å². The molecule has 0 saturated heterocycles. The van der Waals surface area contributed by atoms with Crippen LogP contribution in [0.5, 0.6) is 0 Å². The molecule has 0 bridgehead atoms. The second kappa shape index (κ2) is 11.5. The van der Waals surface area contributed by atoms with Crippen LogP contribution < -0.4 is 5.32 Å². The summed E-state index contributed by atoms with van der Waals surface area (Å²) in [6, 6.07) is 13.5. The highest BCUT2D eigenvalue weighted by Crippen LogP contribution is 2.37. The largest absolute Gasteiger partial charge is 0.394 e. The van der Waals surface area contributed by atoms with Crippen LogP contribution in [0.25, 0.3) is 21.8 Å². The number of nitriles is 2. The zero-order valence-electron chi connectivity index (χ0n) is 19.0. The maximum Gasteiger partial charge on any atom is 0.146 e. The normalized spacial score (nSPS) is 11.6. The van der Waals surface area contributed by atoms with Gasteiger partial charge in [-0.3, -0.25) is 5.10 Å². The molecule has 0 aliphatic carbocycles. The summed E-state index contributed by atoms with van der Waals surface area (Å²) in [6.45, 7) is 1.33. The molecule has 0 aliphatic rings. The monoisotopic (exact) mass is 537 g/mol. The Balaban J connectivity index is 1.69. The van der Waals surface area contributed by atoms with Gasteiger partial charge in [-0.2, -0.15) is 15.6 Å². The first-order chi connectivity index (χ1) is 17.4. The van der Waals surface area contributed by atoms with Gasteiger partial charge < -0.3 is 15.5 Å². The van der Waals surface area contributed by atoms with E-state index in [1.807, 2.05) is 29.6 Å². The Labute approximate surface area is 220 Å². The number of nitrogens with one attached hydrogen (secondary N) is 2. The number of benzene rings is 1. The van der Waals surface area contributed by atoms with Crippen molar-refractivity contribution in [3.8, 4) is 34.0 Å². The molecule has 9 nitrogen and oxygen atoms in total. The van der Waals surface area contributed by atoms with E-state index in [2.05, 4.69) is 32.6 Å². The third kappa shape index (κ3) is 5.68. The van der Waals surface area contributed by atoms with E-state index in [1.54, 1.807) is 13.0 Å². The zero-order valence-corrected chi connectivity index (χ0v) is 21.4. The summed E-state index contributed by atoms with van der Waals surface area (Å²) in [5.41, 5.74) is 3.74. The number of aromatic amines is 1. The average molecular weight is 538 g/mol. The maximum atomic E-state index is 10.0. The lowest BCUT2D eigenvalue weighted by atomic mass is 10.0. The molecule has 36 heavy (non-hydrogen) atoms. The Morgan fingerprint density at radius 3 is 2.58 bits per heavy atom. The van der Waals surface area contributed by atoms with Crippen molar-refractivity contribution in [1.82, 2.24) is 20.2 Å². The van der Waals surface area contributed by atoms with Gasteiger partial charge in [-0.15, -0.1) is 11.3 Å². The molecular formula is C24H20ClN7O2S2. The summed E-state index contributed by atoms with van der Waals surface area (Å²) < 4.78 is 0. The lowest BCUT2D eigenvalue weighted by molar-refractivity contribution is 0.105. The molecule has 4 N–H and O–H groups in total. The fraction of sp³-hybridized carbons (Fsp3) is 0.208. The molecule has 3 heterocycles. The van der Waals surface area contributed by atoms with Gasteiger partial charge in [0.15, 0.2) is 0 Å². The molecule has 1 atom stereocenters. The van der Waals surface area contributed by atoms with Crippen LogP contribution in [0.4, 0.5) is 5.82 Å². The molecule has 1 aromatic carbocycles. The molecule has 0 unspecified atom stereocenters. The number of halogens is 1. The standard InChI is InChI=1S/C24H20ClN7O2S2/c1-13-6-20(32-31-13)21-18(7-26)22(28-9-17(34)10-33)30-24(19(21)8-27)36-12-16-11-35-23(29-16)14-2-4-15(25)5-3-14/h2-6,11,17,33-34H,9-10,12H2,1H3,(H,28,30)(H,31,32)/t17-/m0/s1. The van der Waals surface area contributed by atoms with E-state index < -0.39 is 12.7 Å². The molecule has 0 saturated carbocycles. The fourth-order valence-electron chi connectivity index (χ4n) is 3.35. The van der Waals surface area contributed by atoms with Crippen molar-refractivity contribution in [3.05, 3.63) is 63.2 Å². The number of thiazole rings is 1. The molecular weight excluding hydrogens is 518 g/mol. The molecule has 4 aromatic rings. The summed E-state index contributed by atoms with van der Waals surface area (Å²) in [6.07, 6.45) is -1.04. The van der Waals surface area contributed by atoms with Gasteiger partial charge in [-0.1, -0.05) is 35.5 Å². The lowest BCUT2D eigenvalue weighted by Gasteiger charge is -2.16. The van der Waals surface area contributed by atoms with Crippen molar-refractivity contribution in [1.29, 1.82) is 10.5 Å². The van der Waals surface area contributed by atoms with Crippen LogP contribution in [0.2, 0.25) is 5.02 Å². The first-order valence-corrected chi connectivity index (χ1v) is 12.9. The van der Waals surface area contributed by atoms with E-state index in [9.17, 15) is 20.7 Å². The van der Waals surface area contributed by atoms with E-state index in [1.165, 1.54) is 23.1 Å². The number of rotatable bonds is 9. The number of hydrogen-bond acceptors (Lipinski definition) is 10. The molecule has 0 amide bonds.